The minimum absolute atomic E-state index is 0.0150. The number of benzene rings is 1. The van der Waals surface area contributed by atoms with Gasteiger partial charge in [-0.1, -0.05) is 29.8 Å². The summed E-state index contributed by atoms with van der Waals surface area (Å²) in [6, 6.07) is 5.65. The van der Waals surface area contributed by atoms with Crippen molar-refractivity contribution in [3.8, 4) is 0 Å². The molecule has 100 valence electrons. The van der Waals surface area contributed by atoms with E-state index in [1.165, 1.54) is 0 Å². The summed E-state index contributed by atoms with van der Waals surface area (Å²) in [5.41, 5.74) is 0.679. The van der Waals surface area contributed by atoms with E-state index < -0.39 is 0 Å². The molecule has 18 heavy (non-hydrogen) atoms. The van der Waals surface area contributed by atoms with Crippen molar-refractivity contribution in [2.75, 3.05) is 6.54 Å². The van der Waals surface area contributed by atoms with Crippen molar-refractivity contribution in [1.29, 1.82) is 0 Å². The average molecular weight is 445 g/mol. The van der Waals surface area contributed by atoms with Gasteiger partial charge in [0.2, 0.25) is 0 Å². The van der Waals surface area contributed by atoms with Crippen LogP contribution in [0.5, 0.6) is 0 Å². The first-order chi connectivity index (χ1) is 8.40. The predicted octanol–water partition coefficient (Wildman–Crippen LogP) is 4.44. The fourth-order valence-corrected chi connectivity index (χ4v) is 2.94. The number of hydrogen-bond donors (Lipinski definition) is 1. The quantitative estimate of drug-likeness (QED) is 0.528. The maximum Gasteiger partial charge on any atom is 0.252 e. The number of halogens is 3. The van der Waals surface area contributed by atoms with E-state index in [1.807, 2.05) is 18.2 Å². The fraction of sp³-hybridized carbons (Fsp3) is 0.462. The van der Waals surface area contributed by atoms with Crippen LogP contribution in [0.3, 0.4) is 0 Å². The molecule has 0 saturated heterocycles. The van der Waals surface area contributed by atoms with E-state index >= 15 is 0 Å². The van der Waals surface area contributed by atoms with Crippen LogP contribution in [0, 0.1) is 9.49 Å². The summed E-state index contributed by atoms with van der Waals surface area (Å²) in [5, 5.41) is 2.86. The van der Waals surface area contributed by atoms with Gasteiger partial charge in [0.1, 0.15) is 0 Å². The molecule has 2 nitrogen and oxygen atoms in total. The molecule has 1 aromatic rings. The van der Waals surface area contributed by atoms with Crippen LogP contribution in [0.25, 0.3) is 0 Å². The Bertz CT molecular complexity index is 425. The highest BCUT2D eigenvalue weighted by atomic mass is 127. The van der Waals surface area contributed by atoms with E-state index in [1.54, 1.807) is 0 Å². The molecule has 0 saturated carbocycles. The van der Waals surface area contributed by atoms with Crippen LogP contribution in [0.4, 0.5) is 0 Å². The zero-order valence-electron chi connectivity index (χ0n) is 10.3. The summed E-state index contributed by atoms with van der Waals surface area (Å²) in [6.07, 6.45) is 0.900. The van der Waals surface area contributed by atoms with Gasteiger partial charge in [0.05, 0.1) is 10.9 Å². The second kappa shape index (κ2) is 7.70. The molecule has 0 aliphatic heterocycles. The lowest BCUT2D eigenvalue weighted by Gasteiger charge is -2.13. The molecule has 1 rings (SSSR count). The van der Waals surface area contributed by atoms with Gasteiger partial charge in [-0.3, -0.25) is 4.79 Å². The summed E-state index contributed by atoms with van der Waals surface area (Å²) in [6.45, 7) is 4.74. The van der Waals surface area contributed by atoms with Crippen molar-refractivity contribution in [3.05, 3.63) is 31.8 Å². The van der Waals surface area contributed by atoms with Gasteiger partial charge in [-0.25, -0.2) is 0 Å². The maximum absolute atomic E-state index is 12.0. The Hall–Kier alpha value is 0.190. The van der Waals surface area contributed by atoms with Crippen LogP contribution in [0.15, 0.2) is 22.7 Å². The molecule has 0 radical (unpaired) electrons. The fourth-order valence-electron chi connectivity index (χ4n) is 1.57. The van der Waals surface area contributed by atoms with Crippen molar-refractivity contribution in [2.24, 2.45) is 5.92 Å². The van der Waals surface area contributed by atoms with Gasteiger partial charge in [-0.15, -0.1) is 11.6 Å². The molecule has 1 unspecified atom stereocenters. The third-order valence-electron chi connectivity index (χ3n) is 2.38. The highest BCUT2D eigenvalue weighted by Crippen LogP contribution is 2.18. The normalized spacial score (nSPS) is 12.6. The number of carbonyl (C=O) groups is 1. The number of hydrogen-bond acceptors (Lipinski definition) is 1. The van der Waals surface area contributed by atoms with Crippen molar-refractivity contribution >= 4 is 56.0 Å². The van der Waals surface area contributed by atoms with Crippen LogP contribution in [-0.4, -0.2) is 17.8 Å². The molecular weight excluding hydrogens is 428 g/mol. The molecule has 1 N–H and O–H groups in total. The van der Waals surface area contributed by atoms with Crippen molar-refractivity contribution in [1.82, 2.24) is 5.32 Å². The van der Waals surface area contributed by atoms with Crippen LogP contribution >= 0.6 is 50.1 Å². The second-order valence-corrected chi connectivity index (χ2v) is 7.26. The largest absolute Gasteiger partial charge is 0.351 e. The summed E-state index contributed by atoms with van der Waals surface area (Å²) in [5.74, 6) is 0.463. The lowest BCUT2D eigenvalue weighted by molar-refractivity contribution is 0.0952. The smallest absolute Gasteiger partial charge is 0.252 e. The van der Waals surface area contributed by atoms with E-state index in [-0.39, 0.29) is 11.3 Å². The molecule has 1 amide bonds. The molecule has 0 aliphatic rings. The minimum Gasteiger partial charge on any atom is -0.351 e. The van der Waals surface area contributed by atoms with Gasteiger partial charge >= 0.3 is 0 Å². The Balaban J connectivity index is 2.58. The minimum atomic E-state index is -0.0740. The van der Waals surface area contributed by atoms with E-state index in [2.05, 4.69) is 57.7 Å². The summed E-state index contributed by atoms with van der Waals surface area (Å²) in [4.78, 5) is 12.0. The molecular formula is C13H16BrClINO. The van der Waals surface area contributed by atoms with Gasteiger partial charge < -0.3 is 5.32 Å². The van der Waals surface area contributed by atoms with Crippen molar-refractivity contribution in [3.63, 3.8) is 0 Å². The number of amides is 1. The van der Waals surface area contributed by atoms with E-state index in [9.17, 15) is 4.79 Å². The maximum atomic E-state index is 12.0. The van der Waals surface area contributed by atoms with Crippen molar-refractivity contribution in [2.45, 2.75) is 25.6 Å². The van der Waals surface area contributed by atoms with Crippen LogP contribution in [-0.2, 0) is 0 Å². The molecule has 5 heteroatoms. The van der Waals surface area contributed by atoms with Crippen molar-refractivity contribution < 1.29 is 4.79 Å². The van der Waals surface area contributed by atoms with E-state index in [0.29, 0.717) is 18.0 Å². The third kappa shape index (κ3) is 5.45. The monoisotopic (exact) mass is 443 g/mol. The topological polar surface area (TPSA) is 29.1 Å². The van der Waals surface area contributed by atoms with Crippen LogP contribution in [0.2, 0.25) is 0 Å². The molecule has 0 spiro atoms. The van der Waals surface area contributed by atoms with Crippen LogP contribution < -0.4 is 5.32 Å². The standard InChI is InChI=1S/C13H16BrClINO/c1-8(2)5-10(15)7-17-13(18)11-6-9(14)3-4-12(11)16/h3-4,6,8,10H,5,7H2,1-2H3,(H,17,18). The molecule has 0 aliphatic carbocycles. The zero-order chi connectivity index (χ0) is 13.7. The van der Waals surface area contributed by atoms with Gasteiger partial charge in [-0.05, 0) is 53.1 Å². The van der Waals surface area contributed by atoms with Gasteiger partial charge in [0, 0.05) is 14.6 Å². The Morgan fingerprint density at radius 1 is 1.50 bits per heavy atom. The number of carbonyl (C=O) groups excluding carboxylic acids is 1. The van der Waals surface area contributed by atoms with E-state index in [0.717, 1.165) is 14.5 Å². The number of nitrogens with one attached hydrogen (secondary N) is 1. The lowest BCUT2D eigenvalue weighted by atomic mass is 10.1. The summed E-state index contributed by atoms with van der Waals surface area (Å²) < 4.78 is 1.83. The lowest BCUT2D eigenvalue weighted by Crippen LogP contribution is -2.30. The van der Waals surface area contributed by atoms with E-state index in [4.69, 9.17) is 11.6 Å². The Kier molecular flexibility index (Phi) is 6.95. The first-order valence-corrected chi connectivity index (χ1v) is 8.08. The highest BCUT2D eigenvalue weighted by Gasteiger charge is 2.13. The first-order valence-electron chi connectivity index (χ1n) is 5.77. The summed E-state index contributed by atoms with van der Waals surface area (Å²) >= 11 is 11.7. The second-order valence-electron chi connectivity index (χ2n) is 4.56. The average Bonchev–Trinajstić information content (AvgIpc) is 2.28. The third-order valence-corrected chi connectivity index (χ3v) is 4.15. The first kappa shape index (κ1) is 16.2. The predicted molar refractivity (Wildman–Crippen MR) is 88.3 cm³/mol. The molecule has 0 fully saturated rings. The number of rotatable bonds is 5. The SMILES string of the molecule is CC(C)CC(Cl)CNC(=O)c1cc(Br)ccc1I. The molecule has 0 aromatic heterocycles. The van der Waals surface area contributed by atoms with Gasteiger partial charge in [-0.2, -0.15) is 0 Å². The Morgan fingerprint density at radius 3 is 2.78 bits per heavy atom. The van der Waals surface area contributed by atoms with Crippen LogP contribution in [0.1, 0.15) is 30.6 Å². The molecule has 1 aromatic carbocycles. The highest BCUT2D eigenvalue weighted by molar-refractivity contribution is 14.1. The van der Waals surface area contributed by atoms with Gasteiger partial charge in [0.25, 0.3) is 5.91 Å². The van der Waals surface area contributed by atoms with Gasteiger partial charge in [0.15, 0.2) is 0 Å². The Labute approximate surface area is 135 Å². The zero-order valence-corrected chi connectivity index (χ0v) is 14.8. The molecule has 0 heterocycles. The Morgan fingerprint density at radius 2 is 2.17 bits per heavy atom. The summed E-state index contributed by atoms with van der Waals surface area (Å²) in [7, 11) is 0. The molecule has 0 bridgehead atoms. The number of alkyl halides is 1. The molecule has 1 atom stereocenters.